The van der Waals surface area contributed by atoms with E-state index in [4.69, 9.17) is 0 Å². The van der Waals surface area contributed by atoms with Crippen LogP contribution in [0.1, 0.15) is 12.0 Å². The molecule has 0 aliphatic rings. The minimum absolute atomic E-state index is 0.446. The van der Waals surface area contributed by atoms with Gasteiger partial charge >= 0.3 is 0 Å². The van der Waals surface area contributed by atoms with Crippen LogP contribution in [0.4, 0.5) is 0 Å². The van der Waals surface area contributed by atoms with Gasteiger partial charge in [0.1, 0.15) is 0 Å². The van der Waals surface area contributed by atoms with Crippen molar-refractivity contribution in [3.8, 4) is 0 Å². The highest BCUT2D eigenvalue weighted by atomic mass is 32.2. The van der Waals surface area contributed by atoms with Crippen molar-refractivity contribution in [3.63, 3.8) is 0 Å². The van der Waals surface area contributed by atoms with Crippen LogP contribution in [0, 0.1) is 0 Å². The molecule has 22 heavy (non-hydrogen) atoms. The minimum atomic E-state index is -3.36. The number of rotatable bonds is 8. The largest absolute Gasteiger partial charge is 0.233 e. The van der Waals surface area contributed by atoms with Crippen LogP contribution < -0.4 is 4.72 Å². The summed E-state index contributed by atoms with van der Waals surface area (Å²) in [5, 5.41) is 1.21. The molecule has 0 aromatic heterocycles. The molecule has 0 spiro atoms. The Bertz CT molecular complexity index is 683. The first-order valence-corrected chi connectivity index (χ1v) is 9.59. The van der Waals surface area contributed by atoms with Gasteiger partial charge in [0.25, 0.3) is 0 Å². The van der Waals surface area contributed by atoms with Gasteiger partial charge in [0.2, 0.25) is 10.0 Å². The third kappa shape index (κ3) is 6.47. The standard InChI is InChI=1S/C17H19NO2S2/c19-22(20,15-12-16-8-3-1-4-9-16)18-13-7-14-21-17-10-5-2-6-11-17/h1-6,8-12,15,18H,7,13-14H2/b15-12+. The minimum Gasteiger partial charge on any atom is -0.212 e. The average molecular weight is 333 g/mol. The van der Waals surface area contributed by atoms with Gasteiger partial charge in [0.05, 0.1) is 0 Å². The summed E-state index contributed by atoms with van der Waals surface area (Å²) in [6, 6.07) is 19.5. The molecule has 0 bridgehead atoms. The summed E-state index contributed by atoms with van der Waals surface area (Å²) in [6.07, 6.45) is 2.39. The molecular formula is C17H19NO2S2. The summed E-state index contributed by atoms with van der Waals surface area (Å²) in [5.74, 6) is 0.884. The summed E-state index contributed by atoms with van der Waals surface area (Å²) in [6.45, 7) is 0.446. The summed E-state index contributed by atoms with van der Waals surface area (Å²) in [4.78, 5) is 1.20. The van der Waals surface area contributed by atoms with E-state index in [1.54, 1.807) is 17.8 Å². The lowest BCUT2D eigenvalue weighted by molar-refractivity contribution is 0.590. The van der Waals surface area contributed by atoms with E-state index in [9.17, 15) is 8.42 Å². The van der Waals surface area contributed by atoms with Gasteiger partial charge in [0, 0.05) is 16.8 Å². The van der Waals surface area contributed by atoms with Crippen molar-refractivity contribution in [2.45, 2.75) is 11.3 Å². The molecule has 0 saturated carbocycles. The van der Waals surface area contributed by atoms with Crippen molar-refractivity contribution in [2.24, 2.45) is 0 Å². The van der Waals surface area contributed by atoms with Crippen LogP contribution in [-0.2, 0) is 10.0 Å². The molecule has 5 heteroatoms. The molecule has 0 heterocycles. The fourth-order valence-corrected chi connectivity index (χ4v) is 3.51. The highest BCUT2D eigenvalue weighted by Gasteiger charge is 2.03. The second-order valence-electron chi connectivity index (χ2n) is 4.67. The van der Waals surface area contributed by atoms with Gasteiger partial charge in [-0.2, -0.15) is 0 Å². The lowest BCUT2D eigenvalue weighted by atomic mass is 10.2. The highest BCUT2D eigenvalue weighted by molar-refractivity contribution is 7.99. The summed E-state index contributed by atoms with van der Waals surface area (Å²) < 4.78 is 26.3. The lowest BCUT2D eigenvalue weighted by Crippen LogP contribution is -2.22. The smallest absolute Gasteiger partial charge is 0.212 e. The van der Waals surface area contributed by atoms with E-state index in [0.717, 1.165) is 17.7 Å². The van der Waals surface area contributed by atoms with Gasteiger partial charge < -0.3 is 0 Å². The Labute approximate surface area is 136 Å². The Balaban J connectivity index is 1.70. The maximum Gasteiger partial charge on any atom is 0.233 e. The molecule has 3 nitrogen and oxygen atoms in total. The predicted octanol–water partition coefficient (Wildman–Crippen LogP) is 3.76. The molecule has 0 fully saturated rings. The van der Waals surface area contributed by atoms with Crippen LogP contribution in [0.3, 0.4) is 0 Å². The molecule has 0 aliphatic heterocycles. The van der Waals surface area contributed by atoms with Crippen LogP contribution in [0.2, 0.25) is 0 Å². The monoisotopic (exact) mass is 333 g/mol. The maximum absolute atomic E-state index is 11.8. The van der Waals surface area contributed by atoms with E-state index in [2.05, 4.69) is 16.9 Å². The second kappa shape index (κ2) is 8.78. The van der Waals surface area contributed by atoms with Crippen LogP contribution in [0.15, 0.2) is 71.0 Å². The topological polar surface area (TPSA) is 46.2 Å². The van der Waals surface area contributed by atoms with E-state index >= 15 is 0 Å². The van der Waals surface area contributed by atoms with Crippen LogP contribution in [0.25, 0.3) is 6.08 Å². The first-order chi connectivity index (χ1) is 10.7. The third-order valence-corrected chi connectivity index (χ3v) is 5.07. The average Bonchev–Trinajstić information content (AvgIpc) is 2.55. The molecule has 0 aliphatic carbocycles. The van der Waals surface area contributed by atoms with Crippen molar-refractivity contribution in [2.75, 3.05) is 12.3 Å². The molecule has 0 amide bonds. The third-order valence-electron chi connectivity index (χ3n) is 2.88. The van der Waals surface area contributed by atoms with Crippen molar-refractivity contribution >= 4 is 27.9 Å². The number of thioether (sulfide) groups is 1. The molecule has 0 radical (unpaired) electrons. The Hall–Kier alpha value is -1.56. The van der Waals surface area contributed by atoms with E-state index < -0.39 is 10.0 Å². The first-order valence-electron chi connectivity index (χ1n) is 7.06. The molecule has 0 unspecified atom stereocenters. The molecule has 2 aromatic rings. The fraction of sp³-hybridized carbons (Fsp3) is 0.176. The van der Waals surface area contributed by atoms with Crippen molar-refractivity contribution < 1.29 is 8.42 Å². The van der Waals surface area contributed by atoms with Crippen LogP contribution in [-0.4, -0.2) is 20.7 Å². The first kappa shape index (κ1) is 16.8. The van der Waals surface area contributed by atoms with E-state index in [0.29, 0.717) is 6.54 Å². The van der Waals surface area contributed by atoms with Gasteiger partial charge in [-0.05, 0) is 35.9 Å². The summed E-state index contributed by atoms with van der Waals surface area (Å²) >= 11 is 1.73. The van der Waals surface area contributed by atoms with Crippen LogP contribution >= 0.6 is 11.8 Å². The summed E-state index contributed by atoms with van der Waals surface area (Å²) in [5.41, 5.74) is 0.868. The van der Waals surface area contributed by atoms with E-state index in [1.165, 1.54) is 10.3 Å². The van der Waals surface area contributed by atoms with Gasteiger partial charge in [-0.15, -0.1) is 11.8 Å². The zero-order valence-corrected chi connectivity index (χ0v) is 13.8. The molecule has 0 saturated heterocycles. The number of hydrogen-bond donors (Lipinski definition) is 1. The quantitative estimate of drug-likeness (QED) is 0.591. The number of nitrogens with one attached hydrogen (secondary N) is 1. The molecule has 2 rings (SSSR count). The number of benzene rings is 2. The van der Waals surface area contributed by atoms with Crippen molar-refractivity contribution in [1.82, 2.24) is 4.72 Å². The zero-order chi connectivity index (χ0) is 15.7. The molecule has 2 aromatic carbocycles. The van der Waals surface area contributed by atoms with Gasteiger partial charge in [0.15, 0.2) is 0 Å². The highest BCUT2D eigenvalue weighted by Crippen LogP contribution is 2.17. The maximum atomic E-state index is 11.8. The fourth-order valence-electron chi connectivity index (χ4n) is 1.77. The van der Waals surface area contributed by atoms with Gasteiger partial charge in [-0.1, -0.05) is 48.5 Å². The van der Waals surface area contributed by atoms with Gasteiger partial charge in [-0.25, -0.2) is 13.1 Å². The molecule has 0 atom stereocenters. The Morgan fingerprint density at radius 1 is 0.955 bits per heavy atom. The molecular weight excluding hydrogens is 314 g/mol. The van der Waals surface area contributed by atoms with E-state index in [-0.39, 0.29) is 0 Å². The Morgan fingerprint density at radius 3 is 2.27 bits per heavy atom. The number of hydrogen-bond acceptors (Lipinski definition) is 3. The predicted molar refractivity (Wildman–Crippen MR) is 94.2 cm³/mol. The number of sulfonamides is 1. The Kier molecular flexibility index (Phi) is 6.71. The zero-order valence-electron chi connectivity index (χ0n) is 12.2. The van der Waals surface area contributed by atoms with Gasteiger partial charge in [-0.3, -0.25) is 0 Å². The Morgan fingerprint density at radius 2 is 1.59 bits per heavy atom. The SMILES string of the molecule is O=S(=O)(/C=C/c1ccccc1)NCCCSc1ccccc1. The van der Waals surface area contributed by atoms with E-state index in [1.807, 2.05) is 48.5 Å². The normalized spacial score (nSPS) is 11.8. The second-order valence-corrected chi connectivity index (χ2v) is 7.49. The van der Waals surface area contributed by atoms with Crippen molar-refractivity contribution in [3.05, 3.63) is 71.6 Å². The van der Waals surface area contributed by atoms with Crippen molar-refractivity contribution in [1.29, 1.82) is 0 Å². The lowest BCUT2D eigenvalue weighted by Gasteiger charge is -2.03. The summed E-state index contributed by atoms with van der Waals surface area (Å²) in [7, 11) is -3.36. The molecule has 1 N–H and O–H groups in total. The van der Waals surface area contributed by atoms with Crippen LogP contribution in [0.5, 0.6) is 0 Å². The molecule has 116 valence electrons.